The number of rotatable bonds is 7. The van der Waals surface area contributed by atoms with E-state index in [-0.39, 0.29) is 11.7 Å². The SMILES string of the molecule is COc1ccc(-c2noc(CN3CCN(C(=O)c4ccc(CS(C)(=O)=O)cc4)CC3)n2)cc1. The summed E-state index contributed by atoms with van der Waals surface area (Å²) in [6, 6.07) is 14.2. The summed E-state index contributed by atoms with van der Waals surface area (Å²) in [5, 5.41) is 4.06. The van der Waals surface area contributed by atoms with Gasteiger partial charge in [-0.25, -0.2) is 8.42 Å². The lowest BCUT2D eigenvalue weighted by molar-refractivity contribution is 0.0615. The van der Waals surface area contributed by atoms with E-state index in [1.807, 2.05) is 24.3 Å². The average Bonchev–Trinajstić information content (AvgIpc) is 3.27. The van der Waals surface area contributed by atoms with Gasteiger partial charge in [0.1, 0.15) is 5.75 Å². The van der Waals surface area contributed by atoms with Crippen LogP contribution in [0.2, 0.25) is 0 Å². The second kappa shape index (κ2) is 9.72. The second-order valence-corrected chi connectivity index (χ2v) is 10.2. The number of carbonyl (C=O) groups excluding carboxylic acids is 1. The van der Waals surface area contributed by atoms with Crippen LogP contribution < -0.4 is 4.74 Å². The first-order valence-electron chi connectivity index (χ1n) is 10.6. The van der Waals surface area contributed by atoms with Crippen LogP contribution in [0.4, 0.5) is 0 Å². The number of amides is 1. The average molecular weight is 471 g/mol. The van der Waals surface area contributed by atoms with Crippen molar-refractivity contribution in [1.29, 1.82) is 0 Å². The first-order chi connectivity index (χ1) is 15.8. The molecule has 174 valence electrons. The highest BCUT2D eigenvalue weighted by atomic mass is 32.2. The minimum Gasteiger partial charge on any atom is -0.497 e. The van der Waals surface area contributed by atoms with Gasteiger partial charge in [0.2, 0.25) is 11.7 Å². The Kier molecular flexibility index (Phi) is 6.75. The zero-order chi connectivity index (χ0) is 23.4. The molecular weight excluding hydrogens is 444 g/mol. The molecule has 0 saturated carbocycles. The zero-order valence-corrected chi connectivity index (χ0v) is 19.4. The monoisotopic (exact) mass is 470 g/mol. The van der Waals surface area contributed by atoms with Crippen LogP contribution in [0, 0.1) is 0 Å². The number of aromatic nitrogens is 2. The van der Waals surface area contributed by atoms with Crippen molar-refractivity contribution in [1.82, 2.24) is 19.9 Å². The van der Waals surface area contributed by atoms with E-state index in [4.69, 9.17) is 9.26 Å². The van der Waals surface area contributed by atoms with Crippen molar-refractivity contribution in [3.63, 3.8) is 0 Å². The highest BCUT2D eigenvalue weighted by molar-refractivity contribution is 7.89. The van der Waals surface area contributed by atoms with Gasteiger partial charge in [-0.15, -0.1) is 0 Å². The molecule has 0 N–H and O–H groups in total. The fraction of sp³-hybridized carbons (Fsp3) is 0.348. The molecule has 9 nitrogen and oxygen atoms in total. The van der Waals surface area contributed by atoms with Crippen LogP contribution in [-0.4, -0.2) is 73.8 Å². The highest BCUT2D eigenvalue weighted by Crippen LogP contribution is 2.20. The number of carbonyl (C=O) groups is 1. The van der Waals surface area contributed by atoms with Crippen molar-refractivity contribution in [3.05, 3.63) is 65.5 Å². The summed E-state index contributed by atoms with van der Waals surface area (Å²) in [5.41, 5.74) is 2.08. The molecule has 1 saturated heterocycles. The van der Waals surface area contributed by atoms with E-state index in [0.29, 0.717) is 55.6 Å². The maximum atomic E-state index is 12.8. The van der Waals surface area contributed by atoms with E-state index in [1.165, 1.54) is 6.26 Å². The van der Waals surface area contributed by atoms with Crippen LogP contribution in [0.1, 0.15) is 21.8 Å². The van der Waals surface area contributed by atoms with Crippen LogP contribution in [0.5, 0.6) is 5.75 Å². The third-order valence-corrected chi connectivity index (χ3v) is 6.32. The van der Waals surface area contributed by atoms with Crippen LogP contribution >= 0.6 is 0 Å². The maximum absolute atomic E-state index is 12.8. The number of hydrogen-bond acceptors (Lipinski definition) is 8. The molecular formula is C23H26N4O5S. The molecule has 1 aromatic heterocycles. The minimum absolute atomic E-state index is 0.0318. The summed E-state index contributed by atoms with van der Waals surface area (Å²) in [7, 11) is -1.49. The third kappa shape index (κ3) is 5.96. The third-order valence-electron chi connectivity index (χ3n) is 5.46. The lowest BCUT2D eigenvalue weighted by atomic mass is 10.1. The Morgan fingerprint density at radius 3 is 2.30 bits per heavy atom. The molecule has 4 rings (SSSR count). The molecule has 1 aliphatic rings. The Bertz CT molecular complexity index is 1200. The molecule has 0 atom stereocenters. The first kappa shape index (κ1) is 22.9. The largest absolute Gasteiger partial charge is 0.497 e. The lowest BCUT2D eigenvalue weighted by Crippen LogP contribution is -2.48. The Morgan fingerprint density at radius 2 is 1.70 bits per heavy atom. The van der Waals surface area contributed by atoms with E-state index in [9.17, 15) is 13.2 Å². The van der Waals surface area contributed by atoms with Gasteiger partial charge in [-0.05, 0) is 42.0 Å². The summed E-state index contributed by atoms with van der Waals surface area (Å²) >= 11 is 0. The molecule has 0 spiro atoms. The van der Waals surface area contributed by atoms with Crippen molar-refractivity contribution in [2.75, 3.05) is 39.5 Å². The summed E-state index contributed by atoms with van der Waals surface area (Å²) < 4.78 is 33.4. The van der Waals surface area contributed by atoms with E-state index in [2.05, 4.69) is 15.0 Å². The molecule has 2 heterocycles. The predicted octanol–water partition coefficient (Wildman–Crippen LogP) is 2.25. The standard InChI is InChI=1S/C23H26N4O5S/c1-31-20-9-7-18(8-10-20)22-24-21(32-25-22)15-26-11-13-27(14-12-26)23(28)19-5-3-17(4-6-19)16-33(2,29)30/h3-10H,11-16H2,1-2H3. The molecule has 0 unspecified atom stereocenters. The molecule has 0 aliphatic carbocycles. The minimum atomic E-state index is -3.10. The first-order valence-corrected chi connectivity index (χ1v) is 12.6. The summed E-state index contributed by atoms with van der Waals surface area (Å²) in [6.45, 7) is 3.08. The predicted molar refractivity (Wildman–Crippen MR) is 122 cm³/mol. The van der Waals surface area contributed by atoms with Gasteiger partial charge in [-0.3, -0.25) is 9.69 Å². The number of nitrogens with zero attached hydrogens (tertiary/aromatic N) is 4. The molecule has 0 radical (unpaired) electrons. The quantitative estimate of drug-likeness (QED) is 0.518. The highest BCUT2D eigenvalue weighted by Gasteiger charge is 2.23. The zero-order valence-electron chi connectivity index (χ0n) is 18.6. The molecule has 1 fully saturated rings. The lowest BCUT2D eigenvalue weighted by Gasteiger charge is -2.34. The fourth-order valence-corrected chi connectivity index (χ4v) is 4.50. The van der Waals surface area contributed by atoms with Gasteiger partial charge < -0.3 is 14.2 Å². The normalized spacial score (nSPS) is 14.9. The Labute approximate surface area is 192 Å². The Morgan fingerprint density at radius 1 is 1.03 bits per heavy atom. The summed E-state index contributed by atoms with van der Waals surface area (Å²) in [6.07, 6.45) is 1.19. The van der Waals surface area contributed by atoms with Gasteiger partial charge >= 0.3 is 0 Å². The van der Waals surface area contributed by atoms with Crippen LogP contribution in [0.25, 0.3) is 11.4 Å². The number of sulfone groups is 1. The van der Waals surface area contributed by atoms with Crippen molar-refractivity contribution in [2.45, 2.75) is 12.3 Å². The van der Waals surface area contributed by atoms with Gasteiger partial charge in [0, 0.05) is 43.6 Å². The molecule has 33 heavy (non-hydrogen) atoms. The van der Waals surface area contributed by atoms with E-state index in [1.54, 1.807) is 36.3 Å². The van der Waals surface area contributed by atoms with E-state index < -0.39 is 9.84 Å². The molecule has 3 aromatic rings. The van der Waals surface area contributed by atoms with Gasteiger partial charge in [-0.1, -0.05) is 17.3 Å². The summed E-state index contributed by atoms with van der Waals surface area (Å²) in [5.74, 6) is 1.73. The second-order valence-electron chi connectivity index (χ2n) is 8.08. The summed E-state index contributed by atoms with van der Waals surface area (Å²) in [4.78, 5) is 21.3. The van der Waals surface area contributed by atoms with Crippen molar-refractivity contribution < 1.29 is 22.5 Å². The van der Waals surface area contributed by atoms with Crippen molar-refractivity contribution >= 4 is 15.7 Å². The van der Waals surface area contributed by atoms with Crippen molar-refractivity contribution in [2.24, 2.45) is 0 Å². The molecule has 0 bridgehead atoms. The number of methoxy groups -OCH3 is 1. The number of hydrogen-bond donors (Lipinski definition) is 0. The van der Waals surface area contributed by atoms with Gasteiger partial charge in [-0.2, -0.15) is 4.98 Å². The van der Waals surface area contributed by atoms with Crippen molar-refractivity contribution in [3.8, 4) is 17.1 Å². The molecule has 10 heteroatoms. The van der Waals surface area contributed by atoms with E-state index >= 15 is 0 Å². The fourth-order valence-electron chi connectivity index (χ4n) is 3.71. The van der Waals surface area contributed by atoms with Gasteiger partial charge in [0.25, 0.3) is 5.91 Å². The van der Waals surface area contributed by atoms with Crippen LogP contribution in [0.3, 0.4) is 0 Å². The molecule has 2 aromatic carbocycles. The number of benzene rings is 2. The number of piperazine rings is 1. The van der Waals surface area contributed by atoms with E-state index in [0.717, 1.165) is 11.3 Å². The number of ether oxygens (including phenoxy) is 1. The van der Waals surface area contributed by atoms with Crippen LogP contribution in [0.15, 0.2) is 53.1 Å². The Balaban J connectivity index is 1.30. The van der Waals surface area contributed by atoms with Gasteiger partial charge in [0.15, 0.2) is 9.84 Å². The maximum Gasteiger partial charge on any atom is 0.253 e. The Hall–Kier alpha value is -3.24. The topological polar surface area (TPSA) is 106 Å². The molecule has 1 amide bonds. The molecule has 1 aliphatic heterocycles. The smallest absolute Gasteiger partial charge is 0.253 e. The van der Waals surface area contributed by atoms with Gasteiger partial charge in [0.05, 0.1) is 19.4 Å². The van der Waals surface area contributed by atoms with Crippen LogP contribution in [-0.2, 0) is 22.1 Å².